The minimum Gasteiger partial charge on any atom is -0.507 e. The average molecular weight is 527 g/mol. The number of amides is 2. The van der Waals surface area contributed by atoms with Gasteiger partial charge in [0.05, 0.1) is 18.5 Å². The Kier molecular flexibility index (Phi) is 6.28. The van der Waals surface area contributed by atoms with Crippen LogP contribution >= 0.6 is 0 Å². The summed E-state index contributed by atoms with van der Waals surface area (Å²) in [6.45, 7) is 0.450. The highest BCUT2D eigenvalue weighted by molar-refractivity contribution is 6.05. The quantitative estimate of drug-likeness (QED) is 0.293. The predicted molar refractivity (Wildman–Crippen MR) is 142 cm³/mol. The standard InChI is InChI=1S/C29H26N4O6/c1-37-21-8-2-17(3-9-21)15-30-29(36)33-24(18-4-5-18)14-23(32-33)22-13-20(7-10-25(22)34)31-28(35)19-6-11-26-27(12-19)39-16-38-26/h2-3,6-14,18,34H,4-5,15-16H2,1H3,(H,30,36)(H,31,35). The highest BCUT2D eigenvalue weighted by Crippen LogP contribution is 2.42. The number of nitrogens with zero attached hydrogens (tertiary/aromatic N) is 2. The van der Waals surface area contributed by atoms with Crippen molar-refractivity contribution in [3.05, 3.63) is 83.6 Å². The van der Waals surface area contributed by atoms with Gasteiger partial charge in [0.25, 0.3) is 5.91 Å². The maximum absolute atomic E-state index is 13.1. The Labute approximate surface area is 224 Å². The molecule has 0 bridgehead atoms. The number of hydrogen-bond donors (Lipinski definition) is 3. The third kappa shape index (κ3) is 5.08. The molecule has 198 valence electrons. The summed E-state index contributed by atoms with van der Waals surface area (Å²) in [5, 5.41) is 20.9. The molecule has 0 saturated heterocycles. The first-order chi connectivity index (χ1) is 19.0. The van der Waals surface area contributed by atoms with E-state index in [9.17, 15) is 14.7 Å². The molecule has 1 aromatic heterocycles. The number of methoxy groups -OCH3 is 1. The predicted octanol–water partition coefficient (Wildman–Crippen LogP) is 4.88. The number of carbonyl (C=O) groups excluding carboxylic acids is 2. The van der Waals surface area contributed by atoms with E-state index in [0.717, 1.165) is 29.8 Å². The van der Waals surface area contributed by atoms with E-state index in [4.69, 9.17) is 14.2 Å². The fourth-order valence-corrected chi connectivity index (χ4v) is 4.42. The number of anilines is 1. The smallest absolute Gasteiger partial charge is 0.342 e. The molecule has 0 atom stereocenters. The van der Waals surface area contributed by atoms with Crippen molar-refractivity contribution in [1.82, 2.24) is 15.1 Å². The summed E-state index contributed by atoms with van der Waals surface area (Å²) in [5.41, 5.74) is 3.43. The molecular weight excluding hydrogens is 500 g/mol. The Hall–Kier alpha value is -4.99. The molecule has 10 heteroatoms. The second kappa shape index (κ2) is 10.1. The molecule has 1 fully saturated rings. The van der Waals surface area contributed by atoms with Gasteiger partial charge in [0.1, 0.15) is 11.5 Å². The van der Waals surface area contributed by atoms with Crippen LogP contribution in [0, 0.1) is 0 Å². The van der Waals surface area contributed by atoms with Gasteiger partial charge in [-0.2, -0.15) is 9.78 Å². The summed E-state index contributed by atoms with van der Waals surface area (Å²) < 4.78 is 17.2. The molecule has 3 N–H and O–H groups in total. The van der Waals surface area contributed by atoms with Crippen molar-refractivity contribution in [1.29, 1.82) is 0 Å². The molecular formula is C29H26N4O6. The highest BCUT2D eigenvalue weighted by atomic mass is 16.7. The van der Waals surface area contributed by atoms with Crippen LogP contribution in [0.4, 0.5) is 10.5 Å². The molecule has 1 aliphatic carbocycles. The third-order valence-electron chi connectivity index (χ3n) is 6.69. The number of aromatic hydroxyl groups is 1. The number of ether oxygens (including phenoxy) is 3. The molecule has 39 heavy (non-hydrogen) atoms. The van der Waals surface area contributed by atoms with E-state index in [1.165, 1.54) is 10.7 Å². The Balaban J connectivity index is 1.21. The number of phenols is 1. The van der Waals surface area contributed by atoms with Crippen LogP contribution in [0.1, 0.15) is 40.4 Å². The molecule has 4 aromatic rings. The molecule has 1 aliphatic heterocycles. The van der Waals surface area contributed by atoms with E-state index in [2.05, 4.69) is 15.7 Å². The van der Waals surface area contributed by atoms with Crippen LogP contribution in [0.3, 0.4) is 0 Å². The van der Waals surface area contributed by atoms with E-state index < -0.39 is 0 Å². The number of benzene rings is 3. The SMILES string of the molecule is COc1ccc(CNC(=O)n2nc(-c3cc(NC(=O)c4ccc5c(c4)OCO5)ccc3O)cc2C2CC2)cc1. The van der Waals surface area contributed by atoms with Crippen LogP contribution in [0.15, 0.2) is 66.7 Å². The normalized spacial score (nSPS) is 13.7. The summed E-state index contributed by atoms with van der Waals surface area (Å²) >= 11 is 0. The van der Waals surface area contributed by atoms with Crippen LogP contribution in [-0.4, -0.2) is 40.7 Å². The summed E-state index contributed by atoms with van der Waals surface area (Å²) in [7, 11) is 1.60. The lowest BCUT2D eigenvalue weighted by Crippen LogP contribution is -2.30. The molecule has 2 heterocycles. The number of hydrogen-bond acceptors (Lipinski definition) is 7. The van der Waals surface area contributed by atoms with Crippen LogP contribution in [0.2, 0.25) is 0 Å². The summed E-state index contributed by atoms with van der Waals surface area (Å²) in [6, 6.07) is 18.6. The number of nitrogens with one attached hydrogen (secondary N) is 2. The van der Waals surface area contributed by atoms with Crippen molar-refractivity contribution in [2.75, 3.05) is 19.2 Å². The molecule has 6 rings (SSSR count). The molecule has 3 aromatic carbocycles. The lowest BCUT2D eigenvalue weighted by atomic mass is 10.1. The Morgan fingerprint density at radius 2 is 1.82 bits per heavy atom. The second-order valence-corrected chi connectivity index (χ2v) is 9.40. The largest absolute Gasteiger partial charge is 0.507 e. The fourth-order valence-electron chi connectivity index (χ4n) is 4.42. The molecule has 2 amide bonds. The van der Waals surface area contributed by atoms with Gasteiger partial charge in [-0.15, -0.1) is 0 Å². The topological polar surface area (TPSA) is 124 Å². The zero-order valence-electron chi connectivity index (χ0n) is 21.1. The van der Waals surface area contributed by atoms with Gasteiger partial charge >= 0.3 is 6.03 Å². The number of fused-ring (bicyclic) bond motifs is 1. The summed E-state index contributed by atoms with van der Waals surface area (Å²) in [6.07, 6.45) is 1.93. The van der Waals surface area contributed by atoms with Gasteiger partial charge in [0, 0.05) is 29.3 Å². The van der Waals surface area contributed by atoms with Gasteiger partial charge in [0.2, 0.25) is 6.79 Å². The van der Waals surface area contributed by atoms with Gasteiger partial charge in [0.15, 0.2) is 11.5 Å². The van der Waals surface area contributed by atoms with Crippen LogP contribution in [-0.2, 0) is 6.54 Å². The summed E-state index contributed by atoms with van der Waals surface area (Å²) in [5.74, 6) is 1.72. The first-order valence-corrected chi connectivity index (χ1v) is 12.5. The number of carbonyl (C=O) groups is 2. The maximum atomic E-state index is 13.1. The van der Waals surface area contributed by atoms with Crippen molar-refractivity contribution < 1.29 is 28.9 Å². The van der Waals surface area contributed by atoms with Gasteiger partial charge in [-0.25, -0.2) is 4.79 Å². The van der Waals surface area contributed by atoms with Gasteiger partial charge < -0.3 is 30.0 Å². The number of phenolic OH excluding ortho intramolecular Hbond substituents is 1. The van der Waals surface area contributed by atoms with E-state index in [-0.39, 0.29) is 30.4 Å². The van der Waals surface area contributed by atoms with E-state index >= 15 is 0 Å². The van der Waals surface area contributed by atoms with E-state index in [1.807, 2.05) is 30.3 Å². The zero-order valence-corrected chi connectivity index (χ0v) is 21.1. The van der Waals surface area contributed by atoms with Gasteiger partial charge in [-0.3, -0.25) is 4.79 Å². The molecule has 1 saturated carbocycles. The molecule has 0 unspecified atom stereocenters. The van der Waals surface area contributed by atoms with Crippen LogP contribution in [0.25, 0.3) is 11.3 Å². The van der Waals surface area contributed by atoms with Crippen molar-refractivity contribution in [2.45, 2.75) is 25.3 Å². The molecule has 0 spiro atoms. The molecule has 2 aliphatic rings. The van der Waals surface area contributed by atoms with Crippen molar-refractivity contribution in [3.8, 4) is 34.3 Å². The Morgan fingerprint density at radius 1 is 1.03 bits per heavy atom. The Bertz CT molecular complexity index is 1560. The molecule has 0 radical (unpaired) electrons. The lowest BCUT2D eigenvalue weighted by molar-refractivity contribution is 0.102. The van der Waals surface area contributed by atoms with Gasteiger partial charge in [-0.1, -0.05) is 12.1 Å². The minimum atomic E-state index is -0.356. The molecule has 10 nitrogen and oxygen atoms in total. The highest BCUT2D eigenvalue weighted by Gasteiger charge is 2.31. The summed E-state index contributed by atoms with van der Waals surface area (Å²) in [4.78, 5) is 26.0. The van der Waals surface area contributed by atoms with E-state index in [1.54, 1.807) is 37.4 Å². The minimum absolute atomic E-state index is 0.0123. The van der Waals surface area contributed by atoms with Crippen LogP contribution in [0.5, 0.6) is 23.0 Å². The maximum Gasteiger partial charge on any atom is 0.342 e. The fraction of sp³-hybridized carbons (Fsp3) is 0.207. The Morgan fingerprint density at radius 3 is 2.59 bits per heavy atom. The van der Waals surface area contributed by atoms with Crippen LogP contribution < -0.4 is 24.8 Å². The lowest BCUT2D eigenvalue weighted by Gasteiger charge is -2.09. The second-order valence-electron chi connectivity index (χ2n) is 9.40. The van der Waals surface area contributed by atoms with Crippen molar-refractivity contribution in [3.63, 3.8) is 0 Å². The van der Waals surface area contributed by atoms with E-state index in [0.29, 0.717) is 40.6 Å². The monoisotopic (exact) mass is 526 g/mol. The third-order valence-corrected chi connectivity index (χ3v) is 6.69. The average Bonchev–Trinajstić information content (AvgIpc) is 3.52. The van der Waals surface area contributed by atoms with Crippen molar-refractivity contribution >= 4 is 17.6 Å². The number of aromatic nitrogens is 2. The zero-order chi connectivity index (χ0) is 26.9. The first-order valence-electron chi connectivity index (χ1n) is 12.5. The first kappa shape index (κ1) is 24.4. The number of rotatable bonds is 7. The van der Waals surface area contributed by atoms with Gasteiger partial charge in [-0.05, 0) is 73.0 Å². The van der Waals surface area contributed by atoms with Crippen molar-refractivity contribution in [2.24, 2.45) is 0 Å².